The summed E-state index contributed by atoms with van der Waals surface area (Å²) in [6.45, 7) is 1.32. The Morgan fingerprint density at radius 3 is 2.76 bits per heavy atom. The first-order valence-electron chi connectivity index (χ1n) is 5.73. The Kier molecular flexibility index (Phi) is 3.43. The monoisotopic (exact) mass is 238 g/mol. The zero-order valence-corrected chi connectivity index (χ0v) is 9.65. The quantitative estimate of drug-likeness (QED) is 0.822. The van der Waals surface area contributed by atoms with Gasteiger partial charge in [0.25, 0.3) is 0 Å². The molecule has 0 aromatic heterocycles. The molecule has 1 saturated carbocycles. The number of halogens is 1. The molecule has 2 rings (SSSR count). The fraction of sp³-hybridized carbons (Fsp3) is 0.462. The molecule has 4 heteroatoms. The van der Waals surface area contributed by atoms with Crippen molar-refractivity contribution in [2.45, 2.75) is 38.4 Å². The minimum absolute atomic E-state index is 0.0596. The van der Waals surface area contributed by atoms with Crippen molar-refractivity contribution in [1.82, 2.24) is 0 Å². The number of Topliss-reactive ketones (excluding diaryl/α,β-unsaturated/α-hetero) is 1. The van der Waals surface area contributed by atoms with Crippen molar-refractivity contribution in [2.24, 2.45) is 0 Å². The third-order valence-electron chi connectivity index (χ3n) is 3.02. The van der Waals surface area contributed by atoms with Gasteiger partial charge < -0.3 is 9.84 Å². The Bertz CT molecular complexity index is 431. The normalized spacial score (nSPS) is 23.7. The molecule has 2 unspecified atom stereocenters. The first kappa shape index (κ1) is 12.0. The van der Waals surface area contributed by atoms with Crippen molar-refractivity contribution >= 4 is 5.78 Å². The second-order valence-electron chi connectivity index (χ2n) is 4.35. The molecule has 92 valence electrons. The zero-order chi connectivity index (χ0) is 12.4. The van der Waals surface area contributed by atoms with Crippen molar-refractivity contribution in [3.05, 3.63) is 29.6 Å². The molecule has 0 spiro atoms. The van der Waals surface area contributed by atoms with Gasteiger partial charge in [0.2, 0.25) is 0 Å². The lowest BCUT2D eigenvalue weighted by atomic mass is 10.1. The summed E-state index contributed by atoms with van der Waals surface area (Å²) < 4.78 is 19.0. The highest BCUT2D eigenvalue weighted by Crippen LogP contribution is 2.25. The summed E-state index contributed by atoms with van der Waals surface area (Å²) in [6.07, 6.45) is 1.67. The molecule has 1 N–H and O–H groups in total. The first-order valence-corrected chi connectivity index (χ1v) is 5.73. The van der Waals surface area contributed by atoms with Gasteiger partial charge in [-0.05, 0) is 38.3 Å². The average Bonchev–Trinajstić information content (AvgIpc) is 2.64. The molecule has 2 atom stereocenters. The van der Waals surface area contributed by atoms with Gasteiger partial charge in [0.15, 0.2) is 5.78 Å². The van der Waals surface area contributed by atoms with Crippen LogP contribution in [0.5, 0.6) is 5.75 Å². The van der Waals surface area contributed by atoms with Crippen molar-refractivity contribution in [3.8, 4) is 5.75 Å². The van der Waals surface area contributed by atoms with Crippen LogP contribution in [-0.2, 0) is 0 Å². The largest absolute Gasteiger partial charge is 0.488 e. The van der Waals surface area contributed by atoms with Gasteiger partial charge >= 0.3 is 0 Å². The first-order chi connectivity index (χ1) is 8.08. The fourth-order valence-electron chi connectivity index (χ4n) is 2.07. The highest BCUT2D eigenvalue weighted by molar-refractivity contribution is 5.94. The van der Waals surface area contributed by atoms with Gasteiger partial charge in [0.05, 0.1) is 11.7 Å². The molecule has 0 saturated heterocycles. The van der Waals surface area contributed by atoms with E-state index >= 15 is 0 Å². The molecule has 1 aromatic carbocycles. The lowest BCUT2D eigenvalue weighted by Gasteiger charge is -2.17. The number of carbonyl (C=O) groups is 1. The topological polar surface area (TPSA) is 46.5 Å². The van der Waals surface area contributed by atoms with E-state index in [0.29, 0.717) is 5.75 Å². The predicted molar refractivity (Wildman–Crippen MR) is 60.7 cm³/mol. The number of benzene rings is 1. The molecule has 1 fully saturated rings. The van der Waals surface area contributed by atoms with Gasteiger partial charge in [-0.1, -0.05) is 0 Å². The third-order valence-corrected chi connectivity index (χ3v) is 3.02. The van der Waals surface area contributed by atoms with E-state index < -0.39 is 11.9 Å². The number of hydrogen-bond acceptors (Lipinski definition) is 3. The summed E-state index contributed by atoms with van der Waals surface area (Å²) in [7, 11) is 0. The van der Waals surface area contributed by atoms with Gasteiger partial charge in [-0.2, -0.15) is 0 Å². The minimum Gasteiger partial charge on any atom is -0.488 e. The molecule has 0 amide bonds. The van der Waals surface area contributed by atoms with E-state index in [0.717, 1.165) is 19.3 Å². The maximum Gasteiger partial charge on any atom is 0.162 e. The van der Waals surface area contributed by atoms with E-state index in [1.54, 1.807) is 6.07 Å². The van der Waals surface area contributed by atoms with E-state index in [1.807, 2.05) is 0 Å². The van der Waals surface area contributed by atoms with E-state index in [4.69, 9.17) is 4.74 Å². The summed E-state index contributed by atoms with van der Waals surface area (Å²) in [5, 5.41) is 9.59. The maximum absolute atomic E-state index is 13.5. The molecule has 1 aliphatic rings. The summed E-state index contributed by atoms with van der Waals surface area (Å²) in [6, 6.07) is 4.17. The lowest BCUT2D eigenvalue weighted by molar-refractivity contribution is 0.0601. The van der Waals surface area contributed by atoms with Crippen LogP contribution >= 0.6 is 0 Å². The highest BCUT2D eigenvalue weighted by Gasteiger charge is 2.27. The Morgan fingerprint density at radius 2 is 2.24 bits per heavy atom. The van der Waals surface area contributed by atoms with Crippen LogP contribution in [0, 0.1) is 5.82 Å². The van der Waals surface area contributed by atoms with Crippen LogP contribution in [-0.4, -0.2) is 23.1 Å². The minimum atomic E-state index is -0.581. The number of ketones is 1. The molecule has 1 aliphatic carbocycles. The Hall–Kier alpha value is -1.42. The summed E-state index contributed by atoms with van der Waals surface area (Å²) in [4.78, 5) is 11.1. The van der Waals surface area contributed by atoms with Crippen LogP contribution in [0.2, 0.25) is 0 Å². The van der Waals surface area contributed by atoms with Crippen molar-refractivity contribution in [2.75, 3.05) is 0 Å². The smallest absolute Gasteiger partial charge is 0.162 e. The van der Waals surface area contributed by atoms with Crippen molar-refractivity contribution in [1.29, 1.82) is 0 Å². The Balaban J connectivity index is 2.12. The summed E-state index contributed by atoms with van der Waals surface area (Å²) in [5.41, 5.74) is 0.0596. The summed E-state index contributed by atoms with van der Waals surface area (Å²) in [5.74, 6) is -0.532. The van der Waals surface area contributed by atoms with Crippen LogP contribution in [0.4, 0.5) is 4.39 Å². The highest BCUT2D eigenvalue weighted by atomic mass is 19.1. The number of ether oxygens (including phenoxy) is 1. The van der Waals surface area contributed by atoms with Crippen LogP contribution in [0.3, 0.4) is 0 Å². The van der Waals surface area contributed by atoms with Crippen LogP contribution in [0.15, 0.2) is 18.2 Å². The molecule has 0 aliphatic heterocycles. The lowest BCUT2D eigenvalue weighted by Crippen LogP contribution is -2.25. The van der Waals surface area contributed by atoms with Gasteiger partial charge in [-0.25, -0.2) is 4.39 Å². The van der Waals surface area contributed by atoms with Crippen LogP contribution in [0.1, 0.15) is 36.5 Å². The Morgan fingerprint density at radius 1 is 1.47 bits per heavy atom. The Labute approximate surface area is 99.2 Å². The van der Waals surface area contributed by atoms with Gasteiger partial charge in [0.1, 0.15) is 17.7 Å². The molecule has 0 heterocycles. The molecule has 17 heavy (non-hydrogen) atoms. The second-order valence-corrected chi connectivity index (χ2v) is 4.35. The SMILES string of the molecule is CC(=O)c1ccc(OC2CCCC2O)cc1F. The molecular formula is C13H15FO3. The second kappa shape index (κ2) is 4.84. The van der Waals surface area contributed by atoms with Crippen molar-refractivity contribution in [3.63, 3.8) is 0 Å². The van der Waals surface area contributed by atoms with Gasteiger partial charge in [-0.15, -0.1) is 0 Å². The third kappa shape index (κ3) is 2.64. The number of hydrogen-bond donors (Lipinski definition) is 1. The van der Waals surface area contributed by atoms with E-state index in [9.17, 15) is 14.3 Å². The molecule has 0 bridgehead atoms. The molecule has 1 aromatic rings. The average molecular weight is 238 g/mol. The van der Waals surface area contributed by atoms with Crippen molar-refractivity contribution < 1.29 is 19.0 Å². The van der Waals surface area contributed by atoms with E-state index in [2.05, 4.69) is 0 Å². The zero-order valence-electron chi connectivity index (χ0n) is 9.65. The summed E-state index contributed by atoms with van der Waals surface area (Å²) >= 11 is 0. The number of rotatable bonds is 3. The number of carbonyl (C=O) groups excluding carboxylic acids is 1. The van der Waals surface area contributed by atoms with Gasteiger partial charge in [0, 0.05) is 6.07 Å². The maximum atomic E-state index is 13.5. The van der Waals surface area contributed by atoms with Gasteiger partial charge in [-0.3, -0.25) is 4.79 Å². The van der Waals surface area contributed by atoms with Crippen LogP contribution < -0.4 is 4.74 Å². The molecule has 3 nitrogen and oxygen atoms in total. The fourth-order valence-corrected chi connectivity index (χ4v) is 2.07. The number of aliphatic hydroxyl groups is 1. The van der Waals surface area contributed by atoms with E-state index in [1.165, 1.54) is 19.1 Å². The van der Waals surface area contributed by atoms with E-state index in [-0.39, 0.29) is 17.5 Å². The molecular weight excluding hydrogens is 223 g/mol. The standard InChI is InChI=1S/C13H15FO3/c1-8(15)10-6-5-9(7-11(10)14)17-13-4-2-3-12(13)16/h5-7,12-13,16H,2-4H2,1H3. The predicted octanol–water partition coefficient (Wildman–Crippen LogP) is 2.32. The molecule has 0 radical (unpaired) electrons. The number of aliphatic hydroxyl groups excluding tert-OH is 1. The van der Waals surface area contributed by atoms with Crippen LogP contribution in [0.25, 0.3) is 0 Å².